The van der Waals surface area contributed by atoms with E-state index in [4.69, 9.17) is 0 Å². The fourth-order valence-corrected chi connectivity index (χ4v) is 2.55. The molecule has 94 valence electrons. The van der Waals surface area contributed by atoms with E-state index in [0.717, 1.165) is 13.0 Å². The van der Waals surface area contributed by atoms with Gasteiger partial charge in [-0.15, -0.1) is 11.8 Å². The number of amides is 1. The van der Waals surface area contributed by atoms with Crippen molar-refractivity contribution in [1.82, 2.24) is 5.32 Å². The standard InChI is InChI=1S/C14H21NOS/c1-5-8-15-14(16)12(4)17-13-9-10(2)6-7-11(13)3/h6-7,9,12H,5,8H2,1-4H3,(H,15,16). The number of rotatable bonds is 5. The Bertz CT molecular complexity index is 390. The Kier molecular flexibility index (Phi) is 5.56. The van der Waals surface area contributed by atoms with Crippen LogP contribution >= 0.6 is 11.8 Å². The summed E-state index contributed by atoms with van der Waals surface area (Å²) in [5.74, 6) is 0.123. The van der Waals surface area contributed by atoms with Gasteiger partial charge in [-0.3, -0.25) is 4.79 Å². The predicted octanol–water partition coefficient (Wildman–Crippen LogP) is 3.31. The summed E-state index contributed by atoms with van der Waals surface area (Å²) in [7, 11) is 0. The van der Waals surface area contributed by atoms with Gasteiger partial charge in [0.25, 0.3) is 0 Å². The average molecular weight is 251 g/mol. The molecule has 3 heteroatoms. The van der Waals surface area contributed by atoms with Gasteiger partial charge in [-0.05, 0) is 38.8 Å². The molecule has 1 rings (SSSR count). The molecule has 0 aliphatic carbocycles. The van der Waals surface area contributed by atoms with Gasteiger partial charge < -0.3 is 5.32 Å². The van der Waals surface area contributed by atoms with Gasteiger partial charge in [0.05, 0.1) is 5.25 Å². The highest BCUT2D eigenvalue weighted by atomic mass is 32.2. The highest BCUT2D eigenvalue weighted by Gasteiger charge is 2.14. The van der Waals surface area contributed by atoms with Crippen molar-refractivity contribution in [2.75, 3.05) is 6.54 Å². The zero-order chi connectivity index (χ0) is 12.8. The van der Waals surface area contributed by atoms with Crippen molar-refractivity contribution < 1.29 is 4.79 Å². The van der Waals surface area contributed by atoms with E-state index in [1.807, 2.05) is 6.92 Å². The molecule has 1 unspecified atom stereocenters. The summed E-state index contributed by atoms with van der Waals surface area (Å²) >= 11 is 1.63. The Balaban J connectivity index is 2.64. The van der Waals surface area contributed by atoms with Gasteiger partial charge >= 0.3 is 0 Å². The second-order valence-corrected chi connectivity index (χ2v) is 5.70. The fourth-order valence-electron chi connectivity index (χ4n) is 1.47. The van der Waals surface area contributed by atoms with Gasteiger partial charge in [0.15, 0.2) is 0 Å². The summed E-state index contributed by atoms with van der Waals surface area (Å²) in [6.45, 7) is 8.93. The zero-order valence-corrected chi connectivity index (χ0v) is 11.9. The quantitative estimate of drug-likeness (QED) is 0.813. The van der Waals surface area contributed by atoms with Crippen LogP contribution < -0.4 is 5.32 Å². The Labute approximate surface area is 108 Å². The lowest BCUT2D eigenvalue weighted by molar-refractivity contribution is -0.120. The van der Waals surface area contributed by atoms with Crippen molar-refractivity contribution in [1.29, 1.82) is 0 Å². The summed E-state index contributed by atoms with van der Waals surface area (Å²) < 4.78 is 0. The number of thioether (sulfide) groups is 1. The third-order valence-corrected chi connectivity index (χ3v) is 3.83. The summed E-state index contributed by atoms with van der Waals surface area (Å²) in [6.07, 6.45) is 0.979. The first-order valence-electron chi connectivity index (χ1n) is 6.06. The van der Waals surface area contributed by atoms with Crippen molar-refractivity contribution in [3.8, 4) is 0 Å². The van der Waals surface area contributed by atoms with Crippen LogP contribution in [-0.2, 0) is 4.79 Å². The van der Waals surface area contributed by atoms with Crippen LogP contribution in [0.25, 0.3) is 0 Å². The van der Waals surface area contributed by atoms with E-state index in [9.17, 15) is 4.79 Å². The molecule has 0 aliphatic heterocycles. The maximum Gasteiger partial charge on any atom is 0.233 e. The summed E-state index contributed by atoms with van der Waals surface area (Å²) in [6, 6.07) is 6.35. The third-order valence-electron chi connectivity index (χ3n) is 2.57. The lowest BCUT2D eigenvalue weighted by Gasteiger charge is -2.13. The predicted molar refractivity (Wildman–Crippen MR) is 74.5 cm³/mol. The molecule has 0 aliphatic rings. The van der Waals surface area contributed by atoms with Crippen LogP contribution in [0.1, 0.15) is 31.4 Å². The van der Waals surface area contributed by atoms with E-state index in [1.54, 1.807) is 11.8 Å². The van der Waals surface area contributed by atoms with Crippen LogP contribution in [0.2, 0.25) is 0 Å². The molecule has 1 atom stereocenters. The number of carbonyl (C=O) groups excluding carboxylic acids is 1. The zero-order valence-electron chi connectivity index (χ0n) is 11.0. The van der Waals surface area contributed by atoms with Crippen LogP contribution in [-0.4, -0.2) is 17.7 Å². The largest absolute Gasteiger partial charge is 0.355 e. The Morgan fingerprint density at radius 1 is 1.41 bits per heavy atom. The molecule has 0 aromatic heterocycles. The maximum atomic E-state index is 11.8. The Morgan fingerprint density at radius 2 is 2.12 bits per heavy atom. The van der Waals surface area contributed by atoms with Crippen LogP contribution in [0.5, 0.6) is 0 Å². The van der Waals surface area contributed by atoms with E-state index in [-0.39, 0.29) is 11.2 Å². The topological polar surface area (TPSA) is 29.1 Å². The number of nitrogens with one attached hydrogen (secondary N) is 1. The SMILES string of the molecule is CCCNC(=O)C(C)Sc1cc(C)ccc1C. The highest BCUT2D eigenvalue weighted by Crippen LogP contribution is 2.27. The normalized spacial score (nSPS) is 12.2. The first-order valence-corrected chi connectivity index (χ1v) is 6.94. The van der Waals surface area contributed by atoms with Gasteiger partial charge in [0, 0.05) is 11.4 Å². The van der Waals surface area contributed by atoms with Gasteiger partial charge in [-0.1, -0.05) is 24.6 Å². The monoisotopic (exact) mass is 251 g/mol. The molecular formula is C14H21NOS. The molecule has 17 heavy (non-hydrogen) atoms. The number of hydrogen-bond acceptors (Lipinski definition) is 2. The van der Waals surface area contributed by atoms with Gasteiger partial charge in [0.2, 0.25) is 5.91 Å². The molecule has 1 N–H and O–H groups in total. The second-order valence-electron chi connectivity index (χ2n) is 4.32. The minimum Gasteiger partial charge on any atom is -0.355 e. The van der Waals surface area contributed by atoms with Crippen LogP contribution in [0, 0.1) is 13.8 Å². The molecule has 0 heterocycles. The molecule has 1 aromatic carbocycles. The molecule has 0 spiro atoms. The lowest BCUT2D eigenvalue weighted by atomic mass is 10.2. The first-order chi connectivity index (χ1) is 8.04. The number of hydrogen-bond donors (Lipinski definition) is 1. The molecule has 1 aromatic rings. The molecular weight excluding hydrogens is 230 g/mol. The molecule has 2 nitrogen and oxygen atoms in total. The van der Waals surface area contributed by atoms with Crippen molar-refractivity contribution in [2.24, 2.45) is 0 Å². The second kappa shape index (κ2) is 6.70. The van der Waals surface area contributed by atoms with E-state index >= 15 is 0 Å². The molecule has 0 fully saturated rings. The average Bonchev–Trinajstić information content (AvgIpc) is 2.30. The van der Waals surface area contributed by atoms with Gasteiger partial charge in [-0.2, -0.15) is 0 Å². The minimum atomic E-state index is -0.0398. The van der Waals surface area contributed by atoms with Crippen molar-refractivity contribution in [2.45, 2.75) is 44.3 Å². The van der Waals surface area contributed by atoms with Crippen molar-refractivity contribution in [3.63, 3.8) is 0 Å². The third kappa shape index (κ3) is 4.43. The Morgan fingerprint density at radius 3 is 2.76 bits per heavy atom. The van der Waals surface area contributed by atoms with Gasteiger partial charge in [0.1, 0.15) is 0 Å². The number of benzene rings is 1. The fraction of sp³-hybridized carbons (Fsp3) is 0.500. The molecule has 0 saturated heterocycles. The van der Waals surface area contributed by atoms with E-state index < -0.39 is 0 Å². The smallest absolute Gasteiger partial charge is 0.233 e. The lowest BCUT2D eigenvalue weighted by Crippen LogP contribution is -2.31. The van der Waals surface area contributed by atoms with E-state index in [0.29, 0.717) is 0 Å². The van der Waals surface area contributed by atoms with E-state index in [1.165, 1.54) is 16.0 Å². The number of carbonyl (C=O) groups is 1. The summed E-state index contributed by atoms with van der Waals surface area (Å²) in [5.41, 5.74) is 2.47. The maximum absolute atomic E-state index is 11.8. The van der Waals surface area contributed by atoms with Crippen molar-refractivity contribution >= 4 is 17.7 Å². The van der Waals surface area contributed by atoms with Gasteiger partial charge in [-0.25, -0.2) is 0 Å². The van der Waals surface area contributed by atoms with Crippen LogP contribution in [0.15, 0.2) is 23.1 Å². The Hall–Kier alpha value is -0.960. The minimum absolute atomic E-state index is 0.0398. The first kappa shape index (κ1) is 14.1. The summed E-state index contributed by atoms with van der Waals surface area (Å²) in [5, 5.41) is 2.89. The molecule has 0 radical (unpaired) electrons. The van der Waals surface area contributed by atoms with E-state index in [2.05, 4.69) is 44.3 Å². The molecule has 0 bridgehead atoms. The molecule has 0 saturated carbocycles. The molecule has 1 amide bonds. The van der Waals surface area contributed by atoms with Crippen molar-refractivity contribution in [3.05, 3.63) is 29.3 Å². The van der Waals surface area contributed by atoms with Crippen LogP contribution in [0.4, 0.5) is 0 Å². The van der Waals surface area contributed by atoms with Crippen LogP contribution in [0.3, 0.4) is 0 Å². The highest BCUT2D eigenvalue weighted by molar-refractivity contribution is 8.00. The number of aryl methyl sites for hydroxylation is 2. The summed E-state index contributed by atoms with van der Waals surface area (Å²) in [4.78, 5) is 13.0.